The third-order valence-corrected chi connectivity index (χ3v) is 6.18. The van der Waals surface area contributed by atoms with Crippen molar-refractivity contribution >= 4 is 46.4 Å². The Kier molecular flexibility index (Phi) is 4.67. The van der Waals surface area contributed by atoms with Gasteiger partial charge < -0.3 is 5.32 Å². The molecule has 0 saturated carbocycles. The average molecular weight is 417 g/mol. The molecule has 5 heteroatoms. The number of hydrogen-bond donors (Lipinski definition) is 1. The second-order valence-corrected chi connectivity index (χ2v) is 8.13. The molecule has 1 N–H and O–H groups in total. The lowest BCUT2D eigenvalue weighted by atomic mass is 9.78. The van der Waals surface area contributed by atoms with Gasteiger partial charge in [0.05, 0.1) is 5.41 Å². The topological polar surface area (TPSA) is 29.1 Å². The summed E-state index contributed by atoms with van der Waals surface area (Å²) in [6.07, 6.45) is 0.426. The second-order valence-electron chi connectivity index (χ2n) is 6.90. The van der Waals surface area contributed by atoms with Crippen LogP contribution < -0.4 is 5.32 Å². The number of halogens is 3. The molecule has 1 aliphatic heterocycles. The van der Waals surface area contributed by atoms with Gasteiger partial charge in [0.25, 0.3) is 0 Å². The van der Waals surface area contributed by atoms with Crippen LogP contribution in [0, 0.1) is 0 Å². The summed E-state index contributed by atoms with van der Waals surface area (Å²) in [6, 6.07) is 19.0. The highest BCUT2D eigenvalue weighted by molar-refractivity contribution is 6.36. The smallest absolute Gasteiger partial charge is 0.235 e. The Morgan fingerprint density at radius 2 is 1.56 bits per heavy atom. The predicted molar refractivity (Wildman–Crippen MR) is 113 cm³/mol. The fourth-order valence-corrected chi connectivity index (χ4v) is 4.38. The van der Waals surface area contributed by atoms with E-state index in [9.17, 15) is 4.79 Å². The molecule has 0 saturated heterocycles. The van der Waals surface area contributed by atoms with Crippen LogP contribution in [0.5, 0.6) is 0 Å². The van der Waals surface area contributed by atoms with Crippen molar-refractivity contribution in [3.63, 3.8) is 0 Å². The molecule has 1 amide bonds. The number of hydrogen-bond acceptors (Lipinski definition) is 1. The van der Waals surface area contributed by atoms with Gasteiger partial charge in [-0.05, 0) is 54.3 Å². The van der Waals surface area contributed by atoms with E-state index in [4.69, 9.17) is 34.8 Å². The van der Waals surface area contributed by atoms with E-state index in [-0.39, 0.29) is 5.91 Å². The third kappa shape index (κ3) is 3.12. The van der Waals surface area contributed by atoms with Crippen molar-refractivity contribution in [1.82, 2.24) is 0 Å². The van der Waals surface area contributed by atoms with Crippen LogP contribution in [0.1, 0.15) is 18.1 Å². The number of carbonyl (C=O) groups excluding carboxylic acids is 1. The van der Waals surface area contributed by atoms with Crippen LogP contribution in [0.15, 0.2) is 60.7 Å². The summed E-state index contributed by atoms with van der Waals surface area (Å²) in [5.41, 5.74) is 3.64. The van der Waals surface area contributed by atoms with E-state index in [1.165, 1.54) is 0 Å². The summed E-state index contributed by atoms with van der Waals surface area (Å²) in [4.78, 5) is 12.9. The van der Waals surface area contributed by atoms with Gasteiger partial charge in [-0.3, -0.25) is 4.79 Å². The molecule has 0 bridgehead atoms. The first kappa shape index (κ1) is 18.4. The van der Waals surface area contributed by atoms with E-state index in [0.29, 0.717) is 21.5 Å². The molecular formula is C22H16Cl3NO. The molecule has 2 nitrogen and oxygen atoms in total. The van der Waals surface area contributed by atoms with Gasteiger partial charge in [-0.2, -0.15) is 0 Å². The molecule has 0 aromatic heterocycles. The molecule has 0 spiro atoms. The quantitative estimate of drug-likeness (QED) is 0.501. The lowest BCUT2D eigenvalue weighted by Gasteiger charge is -2.23. The van der Waals surface area contributed by atoms with Crippen molar-refractivity contribution in [3.8, 4) is 11.1 Å². The van der Waals surface area contributed by atoms with Crippen molar-refractivity contribution in [1.29, 1.82) is 0 Å². The SMILES string of the molecule is CC1(Cc2c(Cl)cccc2Cl)C(=O)Nc2cc(-c3ccccc3Cl)ccc21. The molecule has 1 heterocycles. The van der Waals surface area contributed by atoms with Crippen LogP contribution in [0.3, 0.4) is 0 Å². The zero-order valence-electron chi connectivity index (χ0n) is 14.5. The van der Waals surface area contributed by atoms with Gasteiger partial charge in [-0.1, -0.05) is 71.2 Å². The van der Waals surface area contributed by atoms with Crippen molar-refractivity contribution in [2.24, 2.45) is 0 Å². The van der Waals surface area contributed by atoms with Gasteiger partial charge in [0, 0.05) is 26.3 Å². The van der Waals surface area contributed by atoms with E-state index in [1.54, 1.807) is 18.2 Å². The summed E-state index contributed by atoms with van der Waals surface area (Å²) in [6.45, 7) is 1.92. The van der Waals surface area contributed by atoms with E-state index >= 15 is 0 Å². The van der Waals surface area contributed by atoms with Crippen molar-refractivity contribution in [3.05, 3.63) is 86.9 Å². The third-order valence-electron chi connectivity index (χ3n) is 5.14. The minimum absolute atomic E-state index is 0.0650. The Labute approximate surface area is 173 Å². The summed E-state index contributed by atoms with van der Waals surface area (Å²) < 4.78 is 0. The molecule has 3 aromatic carbocycles. The van der Waals surface area contributed by atoms with Crippen LogP contribution in [0.2, 0.25) is 15.1 Å². The number of nitrogens with one attached hydrogen (secondary N) is 1. The van der Waals surface area contributed by atoms with Crippen LogP contribution in [0.25, 0.3) is 11.1 Å². The Morgan fingerprint density at radius 3 is 2.26 bits per heavy atom. The maximum Gasteiger partial charge on any atom is 0.235 e. The molecular weight excluding hydrogens is 401 g/mol. The summed E-state index contributed by atoms with van der Waals surface area (Å²) in [5, 5.41) is 4.82. The maximum atomic E-state index is 12.9. The van der Waals surface area contributed by atoms with Gasteiger partial charge in [0.2, 0.25) is 5.91 Å². The highest BCUT2D eigenvalue weighted by atomic mass is 35.5. The number of fused-ring (bicyclic) bond motifs is 1. The second kappa shape index (κ2) is 6.87. The van der Waals surface area contributed by atoms with E-state index in [1.807, 2.05) is 49.4 Å². The molecule has 4 rings (SSSR count). The molecule has 0 fully saturated rings. The maximum absolute atomic E-state index is 12.9. The zero-order chi connectivity index (χ0) is 19.2. The van der Waals surface area contributed by atoms with Gasteiger partial charge in [0.1, 0.15) is 0 Å². The number of anilines is 1. The first-order valence-corrected chi connectivity index (χ1v) is 9.67. The van der Waals surface area contributed by atoms with E-state index < -0.39 is 5.41 Å². The van der Waals surface area contributed by atoms with Gasteiger partial charge in [-0.15, -0.1) is 0 Å². The molecule has 3 aromatic rings. The number of amides is 1. The largest absolute Gasteiger partial charge is 0.325 e. The van der Waals surface area contributed by atoms with Crippen molar-refractivity contribution in [2.45, 2.75) is 18.8 Å². The summed E-state index contributed by atoms with van der Waals surface area (Å²) >= 11 is 19.0. The van der Waals surface area contributed by atoms with Crippen LogP contribution in [-0.2, 0) is 16.6 Å². The highest BCUT2D eigenvalue weighted by Crippen LogP contribution is 2.44. The normalized spacial score (nSPS) is 18.3. The molecule has 0 aliphatic carbocycles. The Morgan fingerprint density at radius 1 is 0.889 bits per heavy atom. The van der Waals surface area contributed by atoms with Crippen LogP contribution in [-0.4, -0.2) is 5.91 Å². The predicted octanol–water partition coefficient (Wildman–Crippen LogP) is 6.77. The molecule has 27 heavy (non-hydrogen) atoms. The van der Waals surface area contributed by atoms with Gasteiger partial charge in [0.15, 0.2) is 0 Å². The Hall–Kier alpha value is -2.00. The van der Waals surface area contributed by atoms with Gasteiger partial charge >= 0.3 is 0 Å². The minimum Gasteiger partial charge on any atom is -0.325 e. The Bertz CT molecular complexity index is 1040. The van der Waals surface area contributed by atoms with Crippen LogP contribution in [0.4, 0.5) is 5.69 Å². The first-order chi connectivity index (χ1) is 12.9. The molecule has 1 atom stereocenters. The summed E-state index contributed by atoms with van der Waals surface area (Å²) in [5.74, 6) is -0.0650. The van der Waals surface area contributed by atoms with Gasteiger partial charge in [-0.25, -0.2) is 0 Å². The molecule has 1 aliphatic rings. The monoisotopic (exact) mass is 415 g/mol. The molecule has 136 valence electrons. The number of carbonyl (C=O) groups is 1. The zero-order valence-corrected chi connectivity index (χ0v) is 16.8. The standard InChI is InChI=1S/C22H16Cl3NO/c1-22(12-15-18(24)7-4-8-19(15)25)16-10-9-13(11-20(16)26-21(22)27)14-5-2-3-6-17(14)23/h2-11H,12H2,1H3,(H,26,27). The van der Waals surface area contributed by atoms with Crippen molar-refractivity contribution < 1.29 is 4.79 Å². The molecule has 1 unspecified atom stereocenters. The highest BCUT2D eigenvalue weighted by Gasteiger charge is 2.43. The van der Waals surface area contributed by atoms with E-state index in [0.717, 1.165) is 27.9 Å². The first-order valence-electron chi connectivity index (χ1n) is 8.54. The van der Waals surface area contributed by atoms with Crippen LogP contribution >= 0.6 is 34.8 Å². The lowest BCUT2D eigenvalue weighted by molar-refractivity contribution is -0.120. The average Bonchev–Trinajstić information content (AvgIpc) is 2.89. The summed E-state index contributed by atoms with van der Waals surface area (Å²) in [7, 11) is 0. The number of benzene rings is 3. The van der Waals surface area contributed by atoms with Crippen molar-refractivity contribution in [2.75, 3.05) is 5.32 Å². The molecule has 0 radical (unpaired) electrons. The number of rotatable bonds is 3. The fraction of sp³-hybridized carbons (Fsp3) is 0.136. The van der Waals surface area contributed by atoms with E-state index in [2.05, 4.69) is 5.32 Å². The minimum atomic E-state index is -0.747. The Balaban J connectivity index is 1.77. The lowest BCUT2D eigenvalue weighted by Crippen LogP contribution is -2.33. The fourth-order valence-electron chi connectivity index (χ4n) is 3.60.